The molecule has 0 fully saturated rings. The molecule has 5 rings (SSSR count). The molecule has 0 unspecified atom stereocenters. The normalized spacial score (nSPS) is 18.9. The SMILES string of the molecule is Cc1c(-c2cc(-c3cccc4c3C(F)(F)C(F)(F)C(F)(F)C4(F)F)cc[n+]2C)cc(C(C)(C)C)c2ccccc12. The minimum atomic E-state index is -6.33. The molecule has 4 aromatic rings. The largest absolute Gasteiger partial charge is 0.382 e. The predicted octanol–water partition coefficient (Wildman–Crippen LogP) is 9.07. The van der Waals surface area contributed by atoms with Crippen molar-refractivity contribution >= 4 is 10.8 Å². The van der Waals surface area contributed by atoms with Gasteiger partial charge in [0, 0.05) is 28.8 Å². The number of nitrogens with zero attached hydrogens (tertiary/aromatic N) is 1. The van der Waals surface area contributed by atoms with Gasteiger partial charge in [0.25, 0.3) is 0 Å². The van der Waals surface area contributed by atoms with Gasteiger partial charge in [0.2, 0.25) is 5.69 Å². The van der Waals surface area contributed by atoms with Gasteiger partial charge in [-0.1, -0.05) is 63.2 Å². The van der Waals surface area contributed by atoms with Crippen molar-refractivity contribution in [2.45, 2.75) is 56.8 Å². The molecular formula is C31H26F8N+. The maximum absolute atomic E-state index is 15.1. The topological polar surface area (TPSA) is 3.88 Å². The monoisotopic (exact) mass is 564 g/mol. The molecule has 210 valence electrons. The van der Waals surface area contributed by atoms with E-state index in [2.05, 4.69) is 0 Å². The number of halogens is 8. The molecule has 0 radical (unpaired) electrons. The minimum Gasteiger partial charge on any atom is -0.201 e. The van der Waals surface area contributed by atoms with Gasteiger partial charge in [-0.3, -0.25) is 0 Å². The molecule has 1 aromatic heterocycles. The Balaban J connectivity index is 1.81. The third-order valence-electron chi connectivity index (χ3n) is 7.76. The van der Waals surface area contributed by atoms with Gasteiger partial charge in [0.15, 0.2) is 6.20 Å². The molecule has 1 aliphatic carbocycles. The standard InChI is InChI=1S/C31H26F8N/c1-17-19-9-6-7-10-21(19)24(27(2,3)4)16-22(17)25-15-18(13-14-40(25)5)20-11-8-12-23-26(20)29(34,35)31(38,39)30(36,37)28(23,32)33/h6-16H,1-5H3/q+1. The van der Waals surface area contributed by atoms with Crippen LogP contribution in [0.2, 0.25) is 0 Å². The average Bonchev–Trinajstić information content (AvgIpc) is 2.87. The first kappa shape index (κ1) is 28.1. The number of hydrogen-bond donors (Lipinski definition) is 0. The number of aryl methyl sites for hydroxylation is 2. The number of pyridine rings is 1. The van der Waals surface area contributed by atoms with E-state index in [0.717, 1.165) is 34.0 Å². The van der Waals surface area contributed by atoms with Gasteiger partial charge in [0.05, 0.1) is 0 Å². The van der Waals surface area contributed by atoms with Crippen LogP contribution in [0.5, 0.6) is 0 Å². The third kappa shape index (κ3) is 3.62. The molecule has 0 atom stereocenters. The van der Waals surface area contributed by atoms with Crippen LogP contribution in [0.25, 0.3) is 33.2 Å². The quantitative estimate of drug-likeness (QED) is 0.169. The zero-order chi connectivity index (χ0) is 29.6. The number of fused-ring (bicyclic) bond motifs is 2. The smallest absolute Gasteiger partial charge is 0.201 e. The van der Waals surface area contributed by atoms with Crippen molar-refractivity contribution in [2.24, 2.45) is 7.05 Å². The van der Waals surface area contributed by atoms with Crippen LogP contribution < -0.4 is 4.57 Å². The van der Waals surface area contributed by atoms with Crippen LogP contribution >= 0.6 is 0 Å². The first-order valence-corrected chi connectivity index (χ1v) is 12.5. The van der Waals surface area contributed by atoms with Crippen molar-refractivity contribution in [1.82, 2.24) is 0 Å². The fourth-order valence-electron chi connectivity index (χ4n) is 5.53. The molecule has 0 aliphatic heterocycles. The van der Waals surface area contributed by atoms with Crippen LogP contribution in [0.4, 0.5) is 35.1 Å². The first-order chi connectivity index (χ1) is 18.4. The van der Waals surface area contributed by atoms with Crippen LogP contribution in [0.1, 0.15) is 43.0 Å². The van der Waals surface area contributed by atoms with Crippen LogP contribution in [-0.2, 0) is 24.3 Å². The van der Waals surface area contributed by atoms with Gasteiger partial charge >= 0.3 is 23.7 Å². The molecule has 1 heterocycles. The summed E-state index contributed by atoms with van der Waals surface area (Å²) in [6.07, 6.45) is 1.49. The second-order valence-electron chi connectivity index (χ2n) is 11.3. The highest BCUT2D eigenvalue weighted by Gasteiger charge is 2.85. The van der Waals surface area contributed by atoms with Crippen molar-refractivity contribution in [3.05, 3.63) is 89.1 Å². The molecule has 1 aliphatic rings. The maximum atomic E-state index is 15.1. The number of alkyl halides is 8. The number of rotatable bonds is 2. The van der Waals surface area contributed by atoms with E-state index in [1.807, 2.05) is 58.0 Å². The molecule has 1 nitrogen and oxygen atoms in total. The lowest BCUT2D eigenvalue weighted by Gasteiger charge is -2.43. The Kier molecular flexibility index (Phi) is 5.97. The zero-order valence-electron chi connectivity index (χ0n) is 22.3. The molecule has 0 N–H and O–H groups in total. The predicted molar refractivity (Wildman–Crippen MR) is 137 cm³/mol. The van der Waals surface area contributed by atoms with E-state index in [-0.39, 0.29) is 11.0 Å². The van der Waals surface area contributed by atoms with E-state index in [9.17, 15) is 26.3 Å². The first-order valence-electron chi connectivity index (χ1n) is 12.5. The summed E-state index contributed by atoms with van der Waals surface area (Å²) >= 11 is 0. The molecule has 0 amide bonds. The van der Waals surface area contributed by atoms with Crippen LogP contribution in [-0.4, -0.2) is 11.8 Å². The number of aromatic nitrogens is 1. The Bertz CT molecular complexity index is 1660. The summed E-state index contributed by atoms with van der Waals surface area (Å²) in [5, 5.41) is 1.97. The van der Waals surface area contributed by atoms with Gasteiger partial charge in [0.1, 0.15) is 7.05 Å². The van der Waals surface area contributed by atoms with Crippen molar-refractivity contribution < 1.29 is 39.7 Å². The van der Waals surface area contributed by atoms with Crippen molar-refractivity contribution in [1.29, 1.82) is 0 Å². The Morgan fingerprint density at radius 3 is 1.90 bits per heavy atom. The summed E-state index contributed by atoms with van der Waals surface area (Å²) in [7, 11) is 1.70. The summed E-state index contributed by atoms with van der Waals surface area (Å²) < 4.78 is 118. The highest BCUT2D eigenvalue weighted by atomic mass is 19.4. The molecular weight excluding hydrogens is 538 g/mol. The van der Waals surface area contributed by atoms with Gasteiger partial charge in [-0.05, 0) is 51.4 Å². The number of benzene rings is 3. The lowest BCUT2D eigenvalue weighted by molar-refractivity contribution is -0.660. The highest BCUT2D eigenvalue weighted by Crippen LogP contribution is 2.65. The molecule has 3 aromatic carbocycles. The second kappa shape index (κ2) is 8.51. The highest BCUT2D eigenvalue weighted by molar-refractivity contribution is 5.94. The lowest BCUT2D eigenvalue weighted by atomic mass is 9.76. The van der Waals surface area contributed by atoms with Gasteiger partial charge in [-0.2, -0.15) is 35.1 Å². The Labute approximate surface area is 226 Å². The van der Waals surface area contributed by atoms with Gasteiger partial charge < -0.3 is 0 Å². The van der Waals surface area contributed by atoms with E-state index < -0.39 is 40.4 Å². The van der Waals surface area contributed by atoms with E-state index in [0.29, 0.717) is 17.3 Å². The molecule has 0 spiro atoms. The fourth-order valence-corrected chi connectivity index (χ4v) is 5.53. The van der Waals surface area contributed by atoms with E-state index >= 15 is 8.78 Å². The molecule has 9 heteroatoms. The van der Waals surface area contributed by atoms with Crippen LogP contribution in [0, 0.1) is 6.92 Å². The minimum absolute atomic E-state index is 0.0914. The van der Waals surface area contributed by atoms with E-state index in [1.165, 1.54) is 18.3 Å². The van der Waals surface area contributed by atoms with Crippen molar-refractivity contribution in [3.8, 4) is 22.4 Å². The third-order valence-corrected chi connectivity index (χ3v) is 7.76. The summed E-state index contributed by atoms with van der Waals surface area (Å²) in [4.78, 5) is 0. The van der Waals surface area contributed by atoms with E-state index in [1.54, 1.807) is 11.6 Å². The van der Waals surface area contributed by atoms with Gasteiger partial charge in [-0.15, -0.1) is 0 Å². The van der Waals surface area contributed by atoms with Crippen molar-refractivity contribution in [2.75, 3.05) is 0 Å². The van der Waals surface area contributed by atoms with Crippen LogP contribution in [0.15, 0.2) is 66.9 Å². The molecule has 0 bridgehead atoms. The fraction of sp³-hybridized carbons (Fsp3) is 0.323. The zero-order valence-corrected chi connectivity index (χ0v) is 22.3. The number of hydrogen-bond acceptors (Lipinski definition) is 0. The Hall–Kier alpha value is -3.49. The summed E-state index contributed by atoms with van der Waals surface area (Å²) in [6, 6.07) is 14.7. The molecule has 0 saturated carbocycles. The second-order valence-corrected chi connectivity index (χ2v) is 11.3. The molecule has 40 heavy (non-hydrogen) atoms. The summed E-state index contributed by atoms with van der Waals surface area (Å²) in [5.74, 6) is -23.7. The van der Waals surface area contributed by atoms with Crippen LogP contribution in [0.3, 0.4) is 0 Å². The Morgan fingerprint density at radius 2 is 1.27 bits per heavy atom. The van der Waals surface area contributed by atoms with Gasteiger partial charge in [-0.25, -0.2) is 4.57 Å². The Morgan fingerprint density at radius 1 is 0.675 bits per heavy atom. The van der Waals surface area contributed by atoms with E-state index in [4.69, 9.17) is 0 Å². The average molecular weight is 565 g/mol. The summed E-state index contributed by atoms with van der Waals surface area (Å²) in [5.41, 5.74) is -1.62. The lowest BCUT2D eigenvalue weighted by Crippen LogP contribution is -2.64. The molecule has 0 saturated heterocycles. The maximum Gasteiger partial charge on any atom is 0.382 e. The van der Waals surface area contributed by atoms with Crippen molar-refractivity contribution in [3.63, 3.8) is 0 Å². The summed E-state index contributed by atoms with van der Waals surface area (Å²) in [6.45, 7) is 8.01.